The highest BCUT2D eigenvalue weighted by molar-refractivity contribution is 7.90. The lowest BCUT2D eigenvalue weighted by Crippen LogP contribution is -2.61. The van der Waals surface area contributed by atoms with E-state index in [0.29, 0.717) is 42.0 Å². The maximum absolute atomic E-state index is 11.6. The van der Waals surface area contributed by atoms with Gasteiger partial charge in [0, 0.05) is 60.7 Å². The van der Waals surface area contributed by atoms with Crippen molar-refractivity contribution in [2.75, 3.05) is 48.8 Å². The molecule has 1 saturated heterocycles. The average Bonchev–Trinajstić information content (AvgIpc) is 3.44. The molecule has 1 fully saturated rings. The summed E-state index contributed by atoms with van der Waals surface area (Å²) in [7, 11) is -3.04. The number of nitrogen functional groups attached to an aromatic ring is 1. The van der Waals surface area contributed by atoms with Crippen LogP contribution in [0.1, 0.15) is 23.1 Å². The molecule has 188 valence electrons. The van der Waals surface area contributed by atoms with Crippen molar-refractivity contribution in [2.24, 2.45) is 0 Å². The largest absolute Gasteiger partial charge is 0.371 e. The minimum Gasteiger partial charge on any atom is -0.371 e. The van der Waals surface area contributed by atoms with E-state index in [2.05, 4.69) is 31.7 Å². The van der Waals surface area contributed by atoms with Crippen molar-refractivity contribution in [3.8, 4) is 11.8 Å². The van der Waals surface area contributed by atoms with Crippen LogP contribution in [0, 0.1) is 11.8 Å². The minimum atomic E-state index is -3.04. The number of benzene rings is 1. The second kappa shape index (κ2) is 8.97. The van der Waals surface area contributed by atoms with Gasteiger partial charge in [0.2, 0.25) is 5.95 Å². The first kappa shape index (κ1) is 24.9. The van der Waals surface area contributed by atoms with Crippen molar-refractivity contribution in [3.05, 3.63) is 57.1 Å². The summed E-state index contributed by atoms with van der Waals surface area (Å²) in [5.41, 5.74) is 7.04. The van der Waals surface area contributed by atoms with Crippen molar-refractivity contribution < 1.29 is 13.5 Å². The van der Waals surface area contributed by atoms with E-state index >= 15 is 0 Å². The topological polar surface area (TPSA) is 126 Å². The van der Waals surface area contributed by atoms with Crippen LogP contribution in [0.25, 0.3) is 0 Å². The van der Waals surface area contributed by atoms with E-state index in [1.54, 1.807) is 18.5 Å². The van der Waals surface area contributed by atoms with Crippen LogP contribution in [0.4, 0.5) is 17.5 Å². The van der Waals surface area contributed by atoms with Gasteiger partial charge in [0.15, 0.2) is 11.4 Å². The molecule has 1 aromatic carbocycles. The van der Waals surface area contributed by atoms with Gasteiger partial charge in [-0.1, -0.05) is 29.5 Å². The lowest BCUT2D eigenvalue weighted by molar-refractivity contribution is 0.0837. The van der Waals surface area contributed by atoms with Crippen molar-refractivity contribution in [2.45, 2.75) is 17.9 Å². The lowest BCUT2D eigenvalue weighted by atomic mass is 9.75. The Kier molecular flexibility index (Phi) is 6.21. The number of hydrogen-bond donors (Lipinski definition) is 2. The number of thiazole rings is 1. The molecule has 0 aliphatic carbocycles. The minimum absolute atomic E-state index is 0.121. The summed E-state index contributed by atoms with van der Waals surface area (Å²) in [5, 5.41) is 13.5. The first-order valence-corrected chi connectivity index (χ1v) is 14.5. The number of hydrogen-bond acceptors (Lipinski definition) is 10. The number of nitrogens with two attached hydrogens (primary N) is 1. The van der Waals surface area contributed by atoms with Gasteiger partial charge >= 0.3 is 0 Å². The molecule has 0 amide bonds. The number of rotatable bonds is 5. The van der Waals surface area contributed by atoms with Crippen molar-refractivity contribution in [1.82, 2.24) is 19.9 Å². The number of aromatic nitrogens is 3. The summed E-state index contributed by atoms with van der Waals surface area (Å²) < 4.78 is 23.3. The van der Waals surface area contributed by atoms with Crippen LogP contribution in [0.3, 0.4) is 0 Å². The highest BCUT2D eigenvalue weighted by Crippen LogP contribution is 2.50. The predicted octanol–water partition coefficient (Wildman–Crippen LogP) is 2.18. The molecule has 3 N–H and O–H groups in total. The van der Waals surface area contributed by atoms with E-state index in [-0.39, 0.29) is 17.1 Å². The van der Waals surface area contributed by atoms with Crippen molar-refractivity contribution in [3.63, 3.8) is 0 Å². The highest BCUT2D eigenvalue weighted by atomic mass is 35.5. The molecular weight excluding hydrogens is 520 g/mol. The summed E-state index contributed by atoms with van der Waals surface area (Å²) in [6, 6.07) is 5.94. The van der Waals surface area contributed by atoms with Crippen LogP contribution in [0.5, 0.6) is 0 Å². The number of anilines is 3. The molecule has 36 heavy (non-hydrogen) atoms. The van der Waals surface area contributed by atoms with E-state index < -0.39 is 15.4 Å². The SMILES string of the molecule is CC(O)(C#Cc1ccc2c(c1)N(c1nc(N)ncc1Cl)CC21CN(CCS(C)(=O)=O)C1)c1nccs1. The van der Waals surface area contributed by atoms with Gasteiger partial charge in [-0.25, -0.2) is 18.4 Å². The summed E-state index contributed by atoms with van der Waals surface area (Å²) >= 11 is 7.82. The first-order chi connectivity index (χ1) is 17.0. The van der Waals surface area contributed by atoms with Crippen LogP contribution >= 0.6 is 22.9 Å². The number of halogens is 1. The highest BCUT2D eigenvalue weighted by Gasteiger charge is 2.51. The normalized spacial score (nSPS) is 18.3. The van der Waals surface area contributed by atoms with Gasteiger partial charge in [-0.3, -0.25) is 0 Å². The molecule has 2 aliphatic rings. The fourth-order valence-corrected chi connectivity index (χ4v) is 6.18. The van der Waals surface area contributed by atoms with Crippen molar-refractivity contribution >= 4 is 50.2 Å². The smallest absolute Gasteiger partial charge is 0.222 e. The van der Waals surface area contributed by atoms with Crippen LogP contribution in [-0.4, -0.2) is 71.6 Å². The molecular formula is C24H25ClN6O3S2. The summed E-state index contributed by atoms with van der Waals surface area (Å²) in [6.45, 7) is 4.16. The van der Waals surface area contributed by atoms with Crippen molar-refractivity contribution in [1.29, 1.82) is 0 Å². The van der Waals surface area contributed by atoms with Crippen LogP contribution in [-0.2, 0) is 20.9 Å². The number of aliphatic hydroxyl groups is 1. The zero-order chi connectivity index (χ0) is 25.7. The van der Waals surface area contributed by atoms with Crippen LogP contribution in [0.2, 0.25) is 5.02 Å². The van der Waals surface area contributed by atoms with Gasteiger partial charge in [-0.15, -0.1) is 11.3 Å². The number of nitrogens with zero attached hydrogens (tertiary/aromatic N) is 5. The lowest BCUT2D eigenvalue weighted by Gasteiger charge is -2.48. The maximum Gasteiger partial charge on any atom is 0.222 e. The Hall–Kier alpha value is -2.75. The molecule has 4 heterocycles. The van der Waals surface area contributed by atoms with Crippen LogP contribution in [0.15, 0.2) is 36.0 Å². The third-order valence-electron chi connectivity index (χ3n) is 6.45. The van der Waals surface area contributed by atoms with Gasteiger partial charge in [0.25, 0.3) is 0 Å². The molecule has 0 radical (unpaired) electrons. The fourth-order valence-electron chi connectivity index (χ4n) is 4.75. The second-order valence-electron chi connectivity index (χ2n) is 9.50. The number of sulfone groups is 1. The van der Waals surface area contributed by atoms with E-state index in [9.17, 15) is 13.5 Å². The van der Waals surface area contributed by atoms with Crippen LogP contribution < -0.4 is 10.6 Å². The molecule has 5 rings (SSSR count). The second-order valence-corrected chi connectivity index (χ2v) is 13.1. The van der Waals surface area contributed by atoms with Gasteiger partial charge < -0.3 is 20.6 Å². The Morgan fingerprint density at radius 1 is 1.31 bits per heavy atom. The zero-order valence-electron chi connectivity index (χ0n) is 19.8. The Labute approximate surface area is 218 Å². The first-order valence-electron chi connectivity index (χ1n) is 11.2. The quantitative estimate of drug-likeness (QED) is 0.465. The van der Waals surface area contributed by atoms with Gasteiger partial charge in [0.1, 0.15) is 19.9 Å². The number of fused-ring (bicyclic) bond motifs is 2. The number of likely N-dealkylation sites (tertiary alicyclic amines) is 1. The van der Waals surface area contributed by atoms with E-state index in [1.807, 2.05) is 23.1 Å². The van der Waals surface area contributed by atoms with E-state index in [1.165, 1.54) is 23.8 Å². The van der Waals surface area contributed by atoms with E-state index in [4.69, 9.17) is 17.3 Å². The van der Waals surface area contributed by atoms with Gasteiger partial charge in [-0.2, -0.15) is 4.98 Å². The van der Waals surface area contributed by atoms with E-state index in [0.717, 1.165) is 16.8 Å². The summed E-state index contributed by atoms with van der Waals surface area (Å²) in [5.74, 6) is 6.77. The molecule has 1 spiro atoms. The van der Waals surface area contributed by atoms with Gasteiger partial charge in [-0.05, 0) is 24.6 Å². The molecule has 0 bridgehead atoms. The molecule has 1 unspecified atom stereocenters. The molecule has 1 atom stereocenters. The maximum atomic E-state index is 11.6. The Balaban J connectivity index is 1.49. The summed E-state index contributed by atoms with van der Waals surface area (Å²) in [4.78, 5) is 16.7. The Bertz CT molecular complexity index is 1480. The Morgan fingerprint density at radius 3 is 2.78 bits per heavy atom. The molecule has 12 heteroatoms. The average molecular weight is 545 g/mol. The molecule has 2 aliphatic heterocycles. The fraction of sp³-hybridized carbons (Fsp3) is 0.375. The third-order valence-corrected chi connectivity index (χ3v) is 8.63. The summed E-state index contributed by atoms with van der Waals surface area (Å²) in [6.07, 6.45) is 4.38. The Morgan fingerprint density at radius 2 is 2.08 bits per heavy atom. The van der Waals surface area contributed by atoms with Gasteiger partial charge in [0.05, 0.1) is 11.9 Å². The molecule has 3 aromatic rings. The monoisotopic (exact) mass is 544 g/mol. The zero-order valence-corrected chi connectivity index (χ0v) is 22.2. The molecule has 0 saturated carbocycles. The molecule has 9 nitrogen and oxygen atoms in total. The predicted molar refractivity (Wildman–Crippen MR) is 141 cm³/mol. The standard InChI is InChI=1S/C24H25ClN6O3S2/c1-23(32,21-27-7-9-35-21)6-5-16-3-4-17-19(11-16)31(20-18(25)12-28-22(26)29-20)15-24(17)13-30(14-24)8-10-36(2,33)34/h3-4,7,9,11-12,32H,8,10,13-15H2,1-2H3,(H2,26,28,29). The molecule has 2 aromatic heterocycles. The third kappa shape index (κ3) is 4.79.